The predicted octanol–water partition coefficient (Wildman–Crippen LogP) is -3.40. The smallest absolute Gasteiger partial charge is 0.853 e. The molecule has 0 spiro atoms. The van der Waals surface area contributed by atoms with Crippen molar-refractivity contribution < 1.29 is 29.5 Å². The average molecular weight is 434 g/mol. The third kappa shape index (κ3) is 61.8. The molecule has 0 amide bonds. The molecule has 0 aliphatic heterocycles. The second-order valence-electron chi connectivity index (χ2n) is 2.09. The van der Waals surface area contributed by atoms with Crippen LogP contribution in [0.1, 0.15) is 0 Å². The Morgan fingerprint density at radius 1 is 0.625 bits per heavy atom. The van der Waals surface area contributed by atoms with Crippen LogP contribution < -0.4 is 15.3 Å². The summed E-state index contributed by atoms with van der Waals surface area (Å²) < 4.78 is 13.1. The minimum absolute atomic E-state index is 0. The van der Waals surface area contributed by atoms with Gasteiger partial charge in [0.15, 0.2) is 0 Å². The van der Waals surface area contributed by atoms with Crippen molar-refractivity contribution in [3.8, 4) is 0 Å². The molecule has 0 atom stereocenters. The van der Waals surface area contributed by atoms with Crippen molar-refractivity contribution in [3.05, 3.63) is 0 Å². The quantitative estimate of drug-likeness (QED) is 0.405. The monoisotopic (exact) mass is 434 g/mol. The van der Waals surface area contributed by atoms with Crippen molar-refractivity contribution in [2.24, 2.45) is 0 Å². The molecule has 6 nitrogen and oxygen atoms in total. The van der Waals surface area contributed by atoms with E-state index in [-0.39, 0.29) is 46.0 Å². The van der Waals surface area contributed by atoms with E-state index in [4.69, 9.17) is 0 Å². The van der Waals surface area contributed by atoms with E-state index in [9.17, 15) is 15.3 Å². The summed E-state index contributed by atoms with van der Waals surface area (Å²) in [6.45, 7) is 0.615. The molecule has 0 saturated heterocycles. The van der Waals surface area contributed by atoms with E-state index >= 15 is 0 Å². The fourth-order valence-corrected chi connectivity index (χ4v) is 0.250. The summed E-state index contributed by atoms with van der Waals surface area (Å²) in [4.78, 5) is 0. The normalized spacial score (nSPS) is 7.88. The van der Waals surface area contributed by atoms with Crippen LogP contribution in [0.2, 0.25) is 0 Å². The maximum absolute atomic E-state index is 9.40. The van der Waals surface area contributed by atoms with Crippen LogP contribution in [-0.2, 0) is 14.2 Å². The molecule has 16 heavy (non-hydrogen) atoms. The molecular formula is C9H21BiO6. The molecule has 0 N–H and O–H groups in total. The number of methoxy groups -OCH3 is 3. The Labute approximate surface area is 117 Å². The van der Waals surface area contributed by atoms with Gasteiger partial charge in [-0.15, -0.1) is 19.8 Å². The van der Waals surface area contributed by atoms with Crippen LogP contribution in [0.3, 0.4) is 0 Å². The summed E-state index contributed by atoms with van der Waals surface area (Å²) in [6.07, 6.45) is 0. The minimum atomic E-state index is -0.128. The van der Waals surface area contributed by atoms with E-state index in [1.54, 1.807) is 0 Å². The van der Waals surface area contributed by atoms with Gasteiger partial charge in [-0.3, -0.25) is 0 Å². The average Bonchev–Trinajstić information content (AvgIpc) is 2.23. The van der Waals surface area contributed by atoms with Crippen molar-refractivity contribution in [3.63, 3.8) is 0 Å². The molecule has 0 aromatic rings. The Balaban J connectivity index is -0.0000000655. The molecule has 0 unspecified atom stereocenters. The third-order valence-electron chi connectivity index (χ3n) is 0.862. The first-order valence-corrected chi connectivity index (χ1v) is 4.46. The third-order valence-corrected chi connectivity index (χ3v) is 0.862. The first-order valence-electron chi connectivity index (χ1n) is 4.46. The van der Waals surface area contributed by atoms with Gasteiger partial charge >= 0.3 is 26.2 Å². The number of rotatable bonds is 6. The second kappa shape index (κ2) is 36.1. The van der Waals surface area contributed by atoms with Crippen molar-refractivity contribution in [2.45, 2.75) is 0 Å². The molecule has 0 aromatic carbocycles. The molecule has 0 heterocycles. The molecule has 0 fully saturated rings. The van der Waals surface area contributed by atoms with Gasteiger partial charge < -0.3 is 29.5 Å². The van der Waals surface area contributed by atoms with E-state index in [0.29, 0.717) is 19.8 Å². The molecule has 0 aromatic heterocycles. The molecule has 0 aliphatic rings. The Morgan fingerprint density at radius 3 is 0.812 bits per heavy atom. The number of hydrogen-bond acceptors (Lipinski definition) is 6. The first-order chi connectivity index (χ1) is 7.24. The van der Waals surface area contributed by atoms with Crippen molar-refractivity contribution in [2.75, 3.05) is 61.0 Å². The SMILES string of the molecule is COCC[O-].COCC[O-].COCC[O-].[Bi+3]. The Hall–Kier alpha value is 0.643. The van der Waals surface area contributed by atoms with Crippen LogP contribution in [0.4, 0.5) is 0 Å². The Kier molecular flexibility index (Phi) is 57.4. The fourth-order valence-electron chi connectivity index (χ4n) is 0.250. The molecule has 0 aliphatic carbocycles. The van der Waals surface area contributed by atoms with Gasteiger partial charge in [-0.05, 0) is 0 Å². The number of ether oxygens (including phenoxy) is 3. The van der Waals surface area contributed by atoms with Gasteiger partial charge in [0.2, 0.25) is 0 Å². The van der Waals surface area contributed by atoms with Crippen molar-refractivity contribution in [1.82, 2.24) is 0 Å². The summed E-state index contributed by atoms with van der Waals surface area (Å²) in [6, 6.07) is 0. The van der Waals surface area contributed by atoms with Gasteiger partial charge in [0.1, 0.15) is 0 Å². The van der Waals surface area contributed by atoms with Crippen LogP contribution in [-0.4, -0.2) is 87.2 Å². The van der Waals surface area contributed by atoms with Crippen molar-refractivity contribution in [1.29, 1.82) is 0 Å². The minimum Gasteiger partial charge on any atom is -0.853 e. The summed E-state index contributed by atoms with van der Waals surface area (Å²) in [7, 11) is 4.54. The van der Waals surface area contributed by atoms with E-state index in [1.807, 2.05) is 0 Å². The molecule has 0 saturated carbocycles. The van der Waals surface area contributed by atoms with Crippen LogP contribution in [0.5, 0.6) is 0 Å². The van der Waals surface area contributed by atoms with E-state index < -0.39 is 0 Å². The molecule has 7 heteroatoms. The van der Waals surface area contributed by atoms with Gasteiger partial charge in [0.05, 0.1) is 0 Å². The topological polar surface area (TPSA) is 96.9 Å². The molecule has 0 rings (SSSR count). The van der Waals surface area contributed by atoms with Crippen LogP contribution in [0.25, 0.3) is 0 Å². The largest absolute Gasteiger partial charge is 3.00 e. The second-order valence-corrected chi connectivity index (χ2v) is 2.09. The fraction of sp³-hybridized carbons (Fsp3) is 1.00. The van der Waals surface area contributed by atoms with Crippen molar-refractivity contribution >= 4 is 26.2 Å². The Morgan fingerprint density at radius 2 is 0.812 bits per heavy atom. The molecular weight excluding hydrogens is 413 g/mol. The standard InChI is InChI=1S/3C3H7O2.Bi/c3*1-5-3-2-4;/h3*2-3H2,1H3;/q3*-1;+3. The molecule has 0 bridgehead atoms. The van der Waals surface area contributed by atoms with Gasteiger partial charge in [0.25, 0.3) is 0 Å². The summed E-state index contributed by atoms with van der Waals surface area (Å²) in [5.41, 5.74) is 0. The first kappa shape index (κ1) is 25.5. The van der Waals surface area contributed by atoms with Gasteiger partial charge in [0, 0.05) is 41.2 Å². The van der Waals surface area contributed by atoms with E-state index in [1.165, 1.54) is 21.3 Å². The van der Waals surface area contributed by atoms with Crippen LogP contribution in [0, 0.1) is 0 Å². The van der Waals surface area contributed by atoms with Gasteiger partial charge in [-0.1, -0.05) is 0 Å². The maximum atomic E-state index is 9.40. The van der Waals surface area contributed by atoms with E-state index in [2.05, 4.69) is 14.2 Å². The van der Waals surface area contributed by atoms with Crippen LogP contribution in [0.15, 0.2) is 0 Å². The zero-order valence-electron chi connectivity index (χ0n) is 10.1. The predicted molar refractivity (Wildman–Crippen MR) is 56.0 cm³/mol. The Bertz CT molecular complexity index is 56.8. The van der Waals surface area contributed by atoms with E-state index in [0.717, 1.165) is 0 Å². The summed E-state index contributed by atoms with van der Waals surface area (Å²) in [5.74, 6) is 0. The maximum Gasteiger partial charge on any atom is 3.00 e. The zero-order chi connectivity index (χ0) is 12.4. The summed E-state index contributed by atoms with van der Waals surface area (Å²) >= 11 is 0. The number of hydrogen-bond donors (Lipinski definition) is 0. The van der Waals surface area contributed by atoms with Crippen LogP contribution >= 0.6 is 0 Å². The summed E-state index contributed by atoms with van der Waals surface area (Å²) in [5, 5.41) is 28.2. The van der Waals surface area contributed by atoms with Gasteiger partial charge in [-0.2, -0.15) is 0 Å². The molecule has 2 radical (unpaired) electrons. The molecule has 98 valence electrons. The zero-order valence-corrected chi connectivity index (χ0v) is 13.6. The van der Waals surface area contributed by atoms with Gasteiger partial charge in [-0.25, -0.2) is 0 Å².